The molecule has 1 aliphatic heterocycles. The van der Waals surface area contributed by atoms with Crippen molar-refractivity contribution in [3.63, 3.8) is 0 Å². The number of aryl methyl sites for hydroxylation is 1. The molecule has 3 atom stereocenters. The van der Waals surface area contributed by atoms with Crippen molar-refractivity contribution in [3.05, 3.63) is 59.7 Å². The fraction of sp³-hybridized carbons (Fsp3) is 0.500. The third-order valence-corrected chi connectivity index (χ3v) is 6.79. The highest BCUT2D eigenvalue weighted by molar-refractivity contribution is 5.89. The van der Waals surface area contributed by atoms with Crippen molar-refractivity contribution in [2.75, 3.05) is 23.3 Å². The Bertz CT molecular complexity index is 963. The van der Waals surface area contributed by atoms with Crippen LogP contribution in [-0.2, 0) is 6.18 Å². The lowest BCUT2D eigenvalue weighted by molar-refractivity contribution is -0.137. The van der Waals surface area contributed by atoms with Gasteiger partial charge in [0, 0.05) is 42.6 Å². The van der Waals surface area contributed by atoms with Gasteiger partial charge in [0.05, 0.1) is 5.56 Å². The van der Waals surface area contributed by atoms with Crippen LogP contribution in [0, 0.1) is 6.92 Å². The molecule has 4 rings (SSSR count). The van der Waals surface area contributed by atoms with Crippen molar-refractivity contribution in [1.29, 1.82) is 0 Å². The van der Waals surface area contributed by atoms with Crippen LogP contribution in [0.2, 0.25) is 0 Å². The number of alkyl halides is 3. The highest BCUT2D eigenvalue weighted by Gasteiger charge is 2.32. The molecule has 1 heterocycles. The Balaban J connectivity index is 1.34. The summed E-state index contributed by atoms with van der Waals surface area (Å²) in [6.07, 6.45) is 1.77. The van der Waals surface area contributed by atoms with Crippen molar-refractivity contribution in [3.8, 4) is 0 Å². The molecule has 2 aliphatic rings. The molecular weight excluding hydrogens is 441 g/mol. The predicted octanol–water partition coefficient (Wildman–Crippen LogP) is 5.71. The molecule has 184 valence electrons. The second kappa shape index (κ2) is 10.7. The Morgan fingerprint density at radius 3 is 2.41 bits per heavy atom. The summed E-state index contributed by atoms with van der Waals surface area (Å²) in [5, 5.41) is 9.85. The zero-order chi connectivity index (χ0) is 24.1. The van der Waals surface area contributed by atoms with E-state index >= 15 is 0 Å². The van der Waals surface area contributed by atoms with Crippen molar-refractivity contribution in [2.45, 2.75) is 69.8 Å². The molecule has 0 spiro atoms. The van der Waals surface area contributed by atoms with Crippen molar-refractivity contribution < 1.29 is 18.0 Å². The van der Waals surface area contributed by atoms with Gasteiger partial charge in [-0.25, -0.2) is 4.79 Å². The van der Waals surface area contributed by atoms with Gasteiger partial charge < -0.3 is 20.9 Å². The van der Waals surface area contributed by atoms with Crippen LogP contribution in [0.1, 0.15) is 49.7 Å². The Morgan fingerprint density at radius 1 is 0.971 bits per heavy atom. The van der Waals surface area contributed by atoms with E-state index in [0.717, 1.165) is 80.7 Å². The van der Waals surface area contributed by atoms with Gasteiger partial charge >= 0.3 is 12.2 Å². The lowest BCUT2D eigenvalue weighted by Crippen LogP contribution is -2.57. The molecule has 1 aliphatic carbocycles. The van der Waals surface area contributed by atoms with Crippen molar-refractivity contribution >= 4 is 17.4 Å². The zero-order valence-corrected chi connectivity index (χ0v) is 19.5. The third kappa shape index (κ3) is 6.44. The van der Waals surface area contributed by atoms with Gasteiger partial charge in [-0.3, -0.25) is 0 Å². The van der Waals surface area contributed by atoms with Crippen LogP contribution in [0.4, 0.5) is 29.3 Å². The molecule has 0 radical (unpaired) electrons. The second-order valence-electron chi connectivity index (χ2n) is 9.46. The van der Waals surface area contributed by atoms with E-state index < -0.39 is 11.7 Å². The first-order chi connectivity index (χ1) is 16.3. The summed E-state index contributed by atoms with van der Waals surface area (Å²) >= 11 is 0. The fourth-order valence-corrected chi connectivity index (χ4v) is 5.07. The number of urea groups is 1. The number of nitrogens with one attached hydrogen (secondary N) is 3. The van der Waals surface area contributed by atoms with E-state index in [1.165, 1.54) is 0 Å². The summed E-state index contributed by atoms with van der Waals surface area (Å²) in [4.78, 5) is 14.8. The molecule has 1 saturated heterocycles. The standard InChI is InChI=1S/C26H33F3N4O/c1-18-6-4-7-20(16-18)31-25(34)32-24-10-3-2-9-23(24)30-21-8-5-15-33(17-21)22-13-11-19(12-14-22)26(27,28)29/h4,6-7,11-14,16,21,23-24,30H,2-3,5,8-10,15,17H2,1H3,(H2,31,32,34)/t21-,23+,24+/m0/s1. The molecule has 0 bridgehead atoms. The number of rotatable bonds is 5. The smallest absolute Gasteiger partial charge is 0.370 e. The number of benzene rings is 2. The van der Waals surface area contributed by atoms with Crippen LogP contribution >= 0.6 is 0 Å². The highest BCUT2D eigenvalue weighted by Crippen LogP contribution is 2.31. The summed E-state index contributed by atoms with van der Waals surface area (Å²) in [7, 11) is 0. The largest absolute Gasteiger partial charge is 0.416 e. The molecule has 8 heteroatoms. The summed E-state index contributed by atoms with van der Waals surface area (Å²) in [5.41, 5.74) is 2.06. The van der Waals surface area contributed by atoms with Gasteiger partial charge in [0.1, 0.15) is 0 Å². The number of hydrogen-bond donors (Lipinski definition) is 3. The molecule has 1 saturated carbocycles. The van der Waals surface area contributed by atoms with Gasteiger partial charge in [0.25, 0.3) is 0 Å². The molecule has 0 aromatic heterocycles. The lowest BCUT2D eigenvalue weighted by atomic mass is 9.89. The molecule has 2 aromatic rings. The monoisotopic (exact) mass is 474 g/mol. The van der Waals surface area contributed by atoms with E-state index in [9.17, 15) is 18.0 Å². The van der Waals surface area contributed by atoms with Gasteiger partial charge in [0.15, 0.2) is 0 Å². The maximum atomic E-state index is 12.9. The summed E-state index contributed by atoms with van der Waals surface area (Å²) in [6, 6.07) is 13.4. The molecule has 0 unspecified atom stereocenters. The quantitative estimate of drug-likeness (QED) is 0.521. The molecule has 2 aromatic carbocycles. The normalized spacial score (nSPS) is 23.4. The van der Waals surface area contributed by atoms with Gasteiger partial charge in [-0.05, 0) is 74.6 Å². The van der Waals surface area contributed by atoms with Crippen LogP contribution in [0.3, 0.4) is 0 Å². The minimum Gasteiger partial charge on any atom is -0.370 e. The summed E-state index contributed by atoms with van der Waals surface area (Å²) in [5.74, 6) is 0. The van der Waals surface area contributed by atoms with Gasteiger partial charge in [-0.15, -0.1) is 0 Å². The molecule has 5 nitrogen and oxygen atoms in total. The topological polar surface area (TPSA) is 56.4 Å². The van der Waals surface area contributed by atoms with Gasteiger partial charge in [-0.2, -0.15) is 13.2 Å². The maximum Gasteiger partial charge on any atom is 0.416 e. The Hall–Kier alpha value is -2.74. The number of piperidine rings is 1. The van der Waals surface area contributed by atoms with Crippen molar-refractivity contribution in [1.82, 2.24) is 10.6 Å². The number of halogens is 3. The van der Waals surface area contributed by atoms with E-state index in [-0.39, 0.29) is 24.2 Å². The average molecular weight is 475 g/mol. The number of anilines is 2. The van der Waals surface area contributed by atoms with E-state index in [2.05, 4.69) is 20.9 Å². The molecule has 3 N–H and O–H groups in total. The molecule has 34 heavy (non-hydrogen) atoms. The molecule has 2 fully saturated rings. The minimum atomic E-state index is -4.32. The number of hydrogen-bond acceptors (Lipinski definition) is 3. The number of carbonyl (C=O) groups excluding carboxylic acids is 1. The highest BCUT2D eigenvalue weighted by atomic mass is 19.4. The molecule has 2 amide bonds. The number of nitrogens with zero attached hydrogens (tertiary/aromatic N) is 1. The van der Waals surface area contributed by atoms with E-state index in [1.54, 1.807) is 12.1 Å². The Kier molecular flexibility index (Phi) is 7.66. The van der Waals surface area contributed by atoms with E-state index in [1.807, 2.05) is 31.2 Å². The first-order valence-corrected chi connectivity index (χ1v) is 12.1. The lowest BCUT2D eigenvalue weighted by Gasteiger charge is -2.40. The van der Waals surface area contributed by atoms with Gasteiger partial charge in [0.2, 0.25) is 0 Å². The van der Waals surface area contributed by atoms with E-state index in [0.29, 0.717) is 0 Å². The Labute approximate surface area is 199 Å². The third-order valence-electron chi connectivity index (χ3n) is 6.79. The summed E-state index contributed by atoms with van der Waals surface area (Å²) < 4.78 is 38.7. The first kappa shape index (κ1) is 24.4. The maximum absolute atomic E-state index is 12.9. The van der Waals surface area contributed by atoms with Crippen LogP contribution < -0.4 is 20.9 Å². The minimum absolute atomic E-state index is 0.0417. The van der Waals surface area contributed by atoms with Gasteiger partial charge in [-0.1, -0.05) is 25.0 Å². The van der Waals surface area contributed by atoms with Crippen LogP contribution in [0.15, 0.2) is 48.5 Å². The fourth-order valence-electron chi connectivity index (χ4n) is 5.07. The first-order valence-electron chi connectivity index (χ1n) is 12.1. The van der Waals surface area contributed by atoms with Crippen LogP contribution in [-0.4, -0.2) is 37.2 Å². The Morgan fingerprint density at radius 2 is 1.71 bits per heavy atom. The van der Waals surface area contributed by atoms with Crippen LogP contribution in [0.25, 0.3) is 0 Å². The number of amides is 2. The van der Waals surface area contributed by atoms with E-state index in [4.69, 9.17) is 0 Å². The average Bonchev–Trinajstić information content (AvgIpc) is 2.80. The predicted molar refractivity (Wildman–Crippen MR) is 129 cm³/mol. The summed E-state index contributed by atoms with van der Waals surface area (Å²) in [6.45, 7) is 3.56. The van der Waals surface area contributed by atoms with Crippen LogP contribution in [0.5, 0.6) is 0 Å². The molecular formula is C26H33F3N4O. The van der Waals surface area contributed by atoms with Crippen molar-refractivity contribution in [2.24, 2.45) is 0 Å². The number of carbonyl (C=O) groups is 1. The SMILES string of the molecule is Cc1cccc(NC(=O)N[C@@H]2CCCC[C@H]2N[C@H]2CCCN(c3ccc(C(F)(F)F)cc3)C2)c1. The zero-order valence-electron chi connectivity index (χ0n) is 19.5. The second-order valence-corrected chi connectivity index (χ2v) is 9.46.